The van der Waals surface area contributed by atoms with Crippen LogP contribution in [0.4, 0.5) is 11.4 Å². The summed E-state index contributed by atoms with van der Waals surface area (Å²) in [4.78, 5) is 45.1. The fourth-order valence-corrected chi connectivity index (χ4v) is 4.68. The van der Waals surface area contributed by atoms with E-state index in [4.69, 9.17) is 11.6 Å². The number of anilines is 1. The average Bonchev–Trinajstić information content (AvgIpc) is 3.12. The van der Waals surface area contributed by atoms with Crippen LogP contribution in [-0.2, 0) is 9.59 Å². The Kier molecular flexibility index (Phi) is 6.27. The highest BCUT2D eigenvalue weighted by Crippen LogP contribution is 2.34. The van der Waals surface area contributed by atoms with Gasteiger partial charge in [0.05, 0.1) is 26.7 Å². The number of thioether (sulfide) groups is 1. The second-order valence-corrected chi connectivity index (χ2v) is 9.68. The molecule has 1 aliphatic heterocycles. The Balaban J connectivity index is 1.36. The number of hydrogen-bond donors (Lipinski definition) is 3. The summed E-state index contributed by atoms with van der Waals surface area (Å²) in [7, 11) is 0. The molecule has 1 aromatic heterocycles. The summed E-state index contributed by atoms with van der Waals surface area (Å²) in [6.45, 7) is 0. The fraction of sp³-hybridized carbons (Fsp3) is 0.160. The highest BCUT2D eigenvalue weighted by Gasteiger charge is 2.26. The van der Waals surface area contributed by atoms with Crippen LogP contribution in [0.1, 0.15) is 35.2 Å². The molecular weight excluding hydrogens is 488 g/mol. The number of carbonyl (C=O) groups excluding carboxylic acids is 2. The van der Waals surface area contributed by atoms with E-state index in [9.17, 15) is 19.5 Å². The Morgan fingerprint density at radius 1 is 1.20 bits per heavy atom. The third kappa shape index (κ3) is 5.06. The molecule has 2 aromatic carbocycles. The number of rotatable bonds is 5. The monoisotopic (exact) mass is 506 g/mol. The van der Waals surface area contributed by atoms with Gasteiger partial charge in [-0.15, -0.1) is 0 Å². The van der Waals surface area contributed by atoms with Crippen molar-refractivity contribution in [3.05, 3.63) is 69.7 Å². The highest BCUT2D eigenvalue weighted by molar-refractivity contribution is 8.18. The molecule has 0 bridgehead atoms. The van der Waals surface area contributed by atoms with Crippen LogP contribution in [0.5, 0.6) is 0 Å². The lowest BCUT2D eigenvalue weighted by atomic mass is 9.85. The van der Waals surface area contributed by atoms with Crippen molar-refractivity contribution < 1.29 is 19.5 Å². The van der Waals surface area contributed by atoms with Crippen molar-refractivity contribution >= 4 is 74.7 Å². The molecule has 10 heteroatoms. The van der Waals surface area contributed by atoms with Gasteiger partial charge >= 0.3 is 5.97 Å². The van der Waals surface area contributed by atoms with Gasteiger partial charge in [0, 0.05) is 23.2 Å². The van der Waals surface area contributed by atoms with Gasteiger partial charge in [0.15, 0.2) is 5.17 Å². The van der Waals surface area contributed by atoms with Crippen LogP contribution in [0.3, 0.4) is 0 Å². The maximum atomic E-state index is 12.5. The zero-order chi connectivity index (χ0) is 24.5. The number of aromatic carboxylic acids is 1. The topological polar surface area (TPSA) is 121 Å². The van der Waals surface area contributed by atoms with Crippen LogP contribution in [0.15, 0.2) is 58.6 Å². The average molecular weight is 507 g/mol. The maximum Gasteiger partial charge on any atom is 0.337 e. The minimum atomic E-state index is -1.06. The van der Waals surface area contributed by atoms with E-state index in [1.807, 2.05) is 0 Å². The predicted octanol–water partition coefficient (Wildman–Crippen LogP) is 5.22. The molecule has 0 atom stereocenters. The number of carboxylic acid groups (broad SMARTS) is 1. The van der Waals surface area contributed by atoms with E-state index in [2.05, 4.69) is 20.6 Å². The number of hydrogen-bond acceptors (Lipinski definition) is 6. The zero-order valence-corrected chi connectivity index (χ0v) is 19.8. The molecule has 5 rings (SSSR count). The quantitative estimate of drug-likeness (QED) is 0.408. The van der Waals surface area contributed by atoms with Crippen molar-refractivity contribution in [1.82, 2.24) is 10.3 Å². The highest BCUT2D eigenvalue weighted by atomic mass is 35.5. The van der Waals surface area contributed by atoms with Gasteiger partial charge in [-0.2, -0.15) is 0 Å². The van der Waals surface area contributed by atoms with Crippen LogP contribution in [-0.4, -0.2) is 33.0 Å². The third-order valence-electron chi connectivity index (χ3n) is 5.81. The molecule has 0 spiro atoms. The molecule has 0 radical (unpaired) electrons. The van der Waals surface area contributed by atoms with Crippen molar-refractivity contribution in [3.8, 4) is 0 Å². The number of carbonyl (C=O) groups is 3. The molecule has 1 saturated heterocycles. The minimum absolute atomic E-state index is 0.00741. The summed E-state index contributed by atoms with van der Waals surface area (Å²) in [5.41, 5.74) is 2.50. The Bertz CT molecular complexity index is 1450. The van der Waals surface area contributed by atoms with E-state index in [0.29, 0.717) is 37.4 Å². The van der Waals surface area contributed by atoms with E-state index >= 15 is 0 Å². The van der Waals surface area contributed by atoms with Gasteiger partial charge in [-0.3, -0.25) is 14.6 Å². The Morgan fingerprint density at radius 3 is 2.77 bits per heavy atom. The van der Waals surface area contributed by atoms with Crippen molar-refractivity contribution in [2.75, 3.05) is 5.32 Å². The van der Waals surface area contributed by atoms with Gasteiger partial charge in [0.2, 0.25) is 5.91 Å². The summed E-state index contributed by atoms with van der Waals surface area (Å²) < 4.78 is 0. The van der Waals surface area contributed by atoms with Crippen molar-refractivity contribution in [3.63, 3.8) is 0 Å². The lowest BCUT2D eigenvalue weighted by Crippen LogP contribution is -2.27. The molecule has 35 heavy (non-hydrogen) atoms. The first-order valence-corrected chi connectivity index (χ1v) is 12.1. The molecule has 3 aromatic rings. The number of fused-ring (bicyclic) bond motifs is 1. The Hall–Kier alpha value is -3.69. The first kappa shape index (κ1) is 23.1. The summed E-state index contributed by atoms with van der Waals surface area (Å²) in [5, 5.41) is 16.2. The van der Waals surface area contributed by atoms with Gasteiger partial charge in [-0.25, -0.2) is 9.79 Å². The zero-order valence-electron chi connectivity index (χ0n) is 18.2. The Labute approximate surface area is 209 Å². The predicted molar refractivity (Wildman–Crippen MR) is 137 cm³/mol. The number of carboxylic acids is 1. The maximum absolute atomic E-state index is 12.5. The van der Waals surface area contributed by atoms with E-state index in [1.54, 1.807) is 48.5 Å². The SMILES string of the molecule is O=C1NC(=Nc2cc(NC(=O)C3CCC3)ccc2Cl)SC1=Cc1ccc2ncc(C(=O)O)cc2c1. The summed E-state index contributed by atoms with van der Waals surface area (Å²) in [5.74, 6) is -1.32. The van der Waals surface area contributed by atoms with E-state index in [-0.39, 0.29) is 23.3 Å². The largest absolute Gasteiger partial charge is 0.478 e. The van der Waals surface area contributed by atoms with Crippen molar-refractivity contribution in [2.24, 2.45) is 10.9 Å². The molecular formula is C25H19ClN4O4S. The minimum Gasteiger partial charge on any atom is -0.478 e. The van der Waals surface area contributed by atoms with Crippen molar-refractivity contribution in [2.45, 2.75) is 19.3 Å². The fourth-order valence-electron chi connectivity index (χ4n) is 3.69. The van der Waals surface area contributed by atoms with Crippen LogP contribution >= 0.6 is 23.4 Å². The first-order chi connectivity index (χ1) is 16.9. The number of amides is 2. The van der Waals surface area contributed by atoms with Gasteiger partial charge in [0.25, 0.3) is 5.91 Å². The molecule has 2 fully saturated rings. The van der Waals surface area contributed by atoms with Crippen LogP contribution in [0.25, 0.3) is 17.0 Å². The third-order valence-corrected chi connectivity index (χ3v) is 7.04. The number of benzene rings is 2. The molecule has 2 aliphatic rings. The lowest BCUT2D eigenvalue weighted by Gasteiger charge is -2.24. The normalized spacial score (nSPS) is 18.0. The van der Waals surface area contributed by atoms with Gasteiger partial charge in [-0.05, 0) is 72.6 Å². The van der Waals surface area contributed by atoms with Gasteiger partial charge in [-0.1, -0.05) is 24.1 Å². The number of nitrogens with zero attached hydrogens (tertiary/aromatic N) is 2. The number of aliphatic imine (C=N–C) groups is 1. The molecule has 3 N–H and O–H groups in total. The number of nitrogens with one attached hydrogen (secondary N) is 2. The first-order valence-electron chi connectivity index (χ1n) is 10.9. The molecule has 2 heterocycles. The number of halogens is 1. The number of aromatic nitrogens is 1. The van der Waals surface area contributed by atoms with E-state index in [0.717, 1.165) is 36.6 Å². The van der Waals surface area contributed by atoms with Gasteiger partial charge < -0.3 is 15.7 Å². The number of amidine groups is 1. The lowest BCUT2D eigenvalue weighted by molar-refractivity contribution is -0.122. The van der Waals surface area contributed by atoms with Gasteiger partial charge in [0.1, 0.15) is 0 Å². The van der Waals surface area contributed by atoms with Crippen LogP contribution in [0, 0.1) is 5.92 Å². The molecule has 0 unspecified atom stereocenters. The molecule has 176 valence electrons. The summed E-state index contributed by atoms with van der Waals surface area (Å²) in [6.07, 6.45) is 5.89. The van der Waals surface area contributed by atoms with Crippen LogP contribution in [0.2, 0.25) is 5.02 Å². The van der Waals surface area contributed by atoms with E-state index in [1.165, 1.54) is 6.20 Å². The molecule has 2 amide bonds. The smallest absolute Gasteiger partial charge is 0.337 e. The Morgan fingerprint density at radius 2 is 2.03 bits per heavy atom. The standard InChI is InChI=1S/C25H19ClN4O4S/c26-18-6-5-17(28-22(31)14-2-1-3-14)11-20(18)29-25-30-23(32)21(35-25)9-13-4-7-19-15(8-13)10-16(12-27-19)24(33)34/h4-12,14H,1-3H2,(H,28,31)(H,33,34)(H,29,30,32). The molecule has 1 aliphatic carbocycles. The second kappa shape index (κ2) is 9.52. The van der Waals surface area contributed by atoms with Crippen LogP contribution < -0.4 is 10.6 Å². The number of pyridine rings is 1. The summed E-state index contributed by atoms with van der Waals surface area (Å²) >= 11 is 7.46. The van der Waals surface area contributed by atoms with E-state index < -0.39 is 5.97 Å². The second-order valence-electron chi connectivity index (χ2n) is 8.25. The molecule has 8 nitrogen and oxygen atoms in total. The molecule has 1 saturated carbocycles. The summed E-state index contributed by atoms with van der Waals surface area (Å²) in [6, 6.07) is 11.9. The van der Waals surface area contributed by atoms with Crippen molar-refractivity contribution in [1.29, 1.82) is 0 Å².